The fourth-order valence-corrected chi connectivity index (χ4v) is 7.92. The van der Waals surface area contributed by atoms with E-state index < -0.39 is 15.9 Å². The van der Waals surface area contributed by atoms with Gasteiger partial charge in [-0.25, -0.2) is 8.42 Å². The lowest BCUT2D eigenvalue weighted by Crippen LogP contribution is -2.47. The number of hydrogen-bond donors (Lipinski definition) is 0. The van der Waals surface area contributed by atoms with Gasteiger partial charge in [-0.2, -0.15) is 5.26 Å². The van der Waals surface area contributed by atoms with Crippen molar-refractivity contribution in [2.45, 2.75) is 39.3 Å². The van der Waals surface area contributed by atoms with Crippen LogP contribution < -0.4 is 10.5 Å². The summed E-state index contributed by atoms with van der Waals surface area (Å²) in [7, 11) is -1.13. The molecule has 3 aliphatic rings. The van der Waals surface area contributed by atoms with Gasteiger partial charge in [-0.15, -0.1) is 0 Å². The van der Waals surface area contributed by atoms with Crippen LogP contribution in [0.15, 0.2) is 9.70 Å². The van der Waals surface area contributed by atoms with E-state index in [0.717, 1.165) is 30.7 Å². The van der Waals surface area contributed by atoms with Gasteiger partial charge in [0.05, 0.1) is 22.5 Å². The fraction of sp³-hybridized carbons (Fsp3) is 0.565. The van der Waals surface area contributed by atoms with Crippen molar-refractivity contribution < 1.29 is 13.2 Å². The number of likely N-dealkylation sites (N-methyl/N-ethyl adjacent to an activating group) is 1. The highest BCUT2D eigenvalue weighted by Gasteiger charge is 2.42. The fourth-order valence-electron chi connectivity index (χ4n) is 4.84. The van der Waals surface area contributed by atoms with Crippen LogP contribution in [0.4, 0.5) is 5.82 Å². The normalized spacial score (nSPS) is 23.9. The van der Waals surface area contributed by atoms with E-state index in [1.165, 1.54) is 4.90 Å². The maximum atomic E-state index is 13.4. The van der Waals surface area contributed by atoms with Crippen LogP contribution in [0, 0.1) is 18.3 Å². The second-order valence-corrected chi connectivity index (χ2v) is 13.1. The summed E-state index contributed by atoms with van der Waals surface area (Å²) in [4.78, 5) is 32.8. The van der Waals surface area contributed by atoms with Gasteiger partial charge in [0.2, 0.25) is 0 Å². The Balaban J connectivity index is 1.84. The number of carbonyl (C=O) groups is 1. The highest BCUT2D eigenvalue weighted by atomic mass is 32.2. The van der Waals surface area contributed by atoms with Crippen LogP contribution in [-0.2, 0) is 21.2 Å². The third kappa shape index (κ3) is 4.91. The first-order chi connectivity index (χ1) is 16.6. The molecule has 0 saturated carbocycles. The predicted molar refractivity (Wildman–Crippen MR) is 142 cm³/mol. The summed E-state index contributed by atoms with van der Waals surface area (Å²) in [5, 5.41) is 9.78. The van der Waals surface area contributed by atoms with Crippen LogP contribution in [0.3, 0.4) is 0 Å². The van der Waals surface area contributed by atoms with Gasteiger partial charge in [0, 0.05) is 38.3 Å². The van der Waals surface area contributed by atoms with Crippen molar-refractivity contribution in [3.05, 3.63) is 31.9 Å². The standard InChI is InChI=1S/C23H29N5O4S3/c1-4-6-27-20(26-9-7-25(3)8-10-26)17(15(2)18(13-24)21(27)29)12-19-22(30)28(23(33)34-19)16-5-11-35(31,32)14-16/h12,16H,4-11,14H2,1-3H3/b19-12-. The predicted octanol–water partition coefficient (Wildman–Crippen LogP) is 1.58. The van der Waals surface area contributed by atoms with Gasteiger partial charge < -0.3 is 9.80 Å². The van der Waals surface area contributed by atoms with Crippen LogP contribution in [0.2, 0.25) is 0 Å². The molecule has 0 N–H and O–H groups in total. The number of piperazine rings is 1. The first kappa shape index (κ1) is 25.9. The molecule has 1 amide bonds. The molecule has 0 aromatic carbocycles. The van der Waals surface area contributed by atoms with E-state index >= 15 is 0 Å². The van der Waals surface area contributed by atoms with Crippen molar-refractivity contribution >= 4 is 55.9 Å². The summed E-state index contributed by atoms with van der Waals surface area (Å²) in [6.07, 6.45) is 2.82. The molecule has 4 heterocycles. The topological polar surface area (TPSA) is 107 Å². The molecule has 1 unspecified atom stereocenters. The number of thiocarbonyl (C=S) groups is 1. The summed E-state index contributed by atoms with van der Waals surface area (Å²) in [5.41, 5.74) is 0.952. The van der Waals surface area contributed by atoms with E-state index in [1.807, 2.05) is 6.92 Å². The first-order valence-electron chi connectivity index (χ1n) is 11.7. The molecule has 12 heteroatoms. The number of sulfone groups is 1. The zero-order valence-corrected chi connectivity index (χ0v) is 22.6. The average Bonchev–Trinajstić information content (AvgIpc) is 3.30. The Morgan fingerprint density at radius 3 is 2.49 bits per heavy atom. The number of nitriles is 1. The molecular weight excluding hydrogens is 506 g/mol. The maximum Gasteiger partial charge on any atom is 0.270 e. The van der Waals surface area contributed by atoms with E-state index in [1.54, 1.807) is 17.6 Å². The molecule has 1 aromatic heterocycles. The highest BCUT2D eigenvalue weighted by molar-refractivity contribution is 8.26. The largest absolute Gasteiger partial charge is 0.355 e. The van der Waals surface area contributed by atoms with Crippen LogP contribution in [0.1, 0.15) is 36.5 Å². The Morgan fingerprint density at radius 1 is 1.23 bits per heavy atom. The second-order valence-electron chi connectivity index (χ2n) is 9.20. The number of thioether (sulfide) groups is 1. The smallest absolute Gasteiger partial charge is 0.270 e. The molecule has 0 aliphatic carbocycles. The molecule has 188 valence electrons. The van der Waals surface area contributed by atoms with Crippen LogP contribution >= 0.6 is 24.0 Å². The lowest BCUT2D eigenvalue weighted by molar-refractivity contribution is -0.123. The van der Waals surface area contributed by atoms with Crippen LogP contribution in [0.25, 0.3) is 6.08 Å². The molecule has 9 nitrogen and oxygen atoms in total. The van der Waals surface area contributed by atoms with Crippen molar-refractivity contribution in [3.63, 3.8) is 0 Å². The number of rotatable bonds is 5. The zero-order valence-electron chi connectivity index (χ0n) is 20.1. The molecular formula is C23H29N5O4S3. The molecule has 3 saturated heterocycles. The van der Waals surface area contributed by atoms with E-state index in [9.17, 15) is 23.3 Å². The number of nitrogens with zero attached hydrogens (tertiary/aromatic N) is 5. The van der Waals surface area contributed by atoms with E-state index in [4.69, 9.17) is 12.2 Å². The average molecular weight is 536 g/mol. The van der Waals surface area contributed by atoms with Gasteiger partial charge in [-0.05, 0) is 38.5 Å². The monoisotopic (exact) mass is 535 g/mol. The van der Waals surface area contributed by atoms with Gasteiger partial charge >= 0.3 is 0 Å². The van der Waals surface area contributed by atoms with Crippen molar-refractivity contribution in [1.82, 2.24) is 14.4 Å². The van der Waals surface area contributed by atoms with E-state index in [2.05, 4.69) is 22.9 Å². The maximum absolute atomic E-state index is 13.4. The second kappa shape index (κ2) is 10.0. The quantitative estimate of drug-likeness (QED) is 0.410. The van der Waals surface area contributed by atoms with Gasteiger partial charge in [0.15, 0.2) is 9.84 Å². The SMILES string of the molecule is CCCn1c(N2CCN(C)CC2)c(/C=C2\SC(=S)N(C3CCS(=O)(=O)C3)C2=O)c(C)c(C#N)c1=O. The molecule has 0 bridgehead atoms. The van der Waals surface area contributed by atoms with Gasteiger partial charge in [-0.3, -0.25) is 19.1 Å². The molecule has 1 atom stereocenters. The molecule has 35 heavy (non-hydrogen) atoms. The number of pyridine rings is 1. The van der Waals surface area contributed by atoms with Crippen molar-refractivity contribution in [2.75, 3.05) is 49.6 Å². The Hall–Kier alpha value is -2.20. The van der Waals surface area contributed by atoms with Gasteiger partial charge in [0.25, 0.3) is 11.5 Å². The molecule has 0 radical (unpaired) electrons. The van der Waals surface area contributed by atoms with Gasteiger partial charge in [-0.1, -0.05) is 30.9 Å². The lowest BCUT2D eigenvalue weighted by Gasteiger charge is -2.36. The van der Waals surface area contributed by atoms with E-state index in [0.29, 0.717) is 52.8 Å². The summed E-state index contributed by atoms with van der Waals surface area (Å²) < 4.78 is 26.0. The first-order valence-corrected chi connectivity index (χ1v) is 14.7. The molecule has 4 rings (SSSR count). The summed E-state index contributed by atoms with van der Waals surface area (Å²) in [5.74, 6) is 0.361. The van der Waals surface area contributed by atoms with Crippen LogP contribution in [-0.4, -0.2) is 83.8 Å². The molecule has 1 aromatic rings. The summed E-state index contributed by atoms with van der Waals surface area (Å²) >= 11 is 6.61. The van der Waals surface area contributed by atoms with Gasteiger partial charge in [0.1, 0.15) is 21.8 Å². The number of amides is 1. The third-order valence-electron chi connectivity index (χ3n) is 6.77. The Morgan fingerprint density at radius 2 is 1.91 bits per heavy atom. The third-order valence-corrected chi connectivity index (χ3v) is 9.85. The molecule has 0 spiro atoms. The Kier molecular flexibility index (Phi) is 7.43. The van der Waals surface area contributed by atoms with Crippen molar-refractivity contribution in [2.24, 2.45) is 0 Å². The highest BCUT2D eigenvalue weighted by Crippen LogP contribution is 2.38. The zero-order chi connectivity index (χ0) is 25.5. The van der Waals surface area contributed by atoms with Crippen molar-refractivity contribution in [1.29, 1.82) is 5.26 Å². The van der Waals surface area contributed by atoms with E-state index in [-0.39, 0.29) is 28.5 Å². The Bertz CT molecular complexity index is 1300. The minimum absolute atomic E-state index is 0.0495. The Labute approximate surface area is 215 Å². The summed E-state index contributed by atoms with van der Waals surface area (Å²) in [6.45, 7) is 7.27. The van der Waals surface area contributed by atoms with Crippen molar-refractivity contribution in [3.8, 4) is 6.07 Å². The molecule has 3 aliphatic heterocycles. The number of carbonyl (C=O) groups excluding carboxylic acids is 1. The number of hydrogen-bond acceptors (Lipinski definition) is 9. The molecule has 3 fully saturated rings. The summed E-state index contributed by atoms with van der Waals surface area (Å²) in [6, 6.07) is 1.61. The minimum Gasteiger partial charge on any atom is -0.355 e. The number of aromatic nitrogens is 1. The lowest BCUT2D eigenvalue weighted by atomic mass is 10.0. The van der Waals surface area contributed by atoms with Crippen LogP contribution in [0.5, 0.6) is 0 Å². The minimum atomic E-state index is -3.18. The number of anilines is 1.